The van der Waals surface area contributed by atoms with Gasteiger partial charge in [-0.2, -0.15) is 0 Å². The summed E-state index contributed by atoms with van der Waals surface area (Å²) in [5.41, 5.74) is 0.402. The molecule has 116 valence electrons. The van der Waals surface area contributed by atoms with Gasteiger partial charge in [0.05, 0.1) is 0 Å². The number of hydrogen-bond donors (Lipinski definition) is 1. The molecule has 6 heteroatoms. The van der Waals surface area contributed by atoms with E-state index in [0.717, 1.165) is 6.54 Å². The number of amides is 2. The summed E-state index contributed by atoms with van der Waals surface area (Å²) in [7, 11) is 3.88. The lowest BCUT2D eigenvalue weighted by Crippen LogP contribution is -2.40. The van der Waals surface area contributed by atoms with E-state index in [-0.39, 0.29) is 17.6 Å². The van der Waals surface area contributed by atoms with Gasteiger partial charge in [-0.1, -0.05) is 0 Å². The molecule has 0 radical (unpaired) electrons. The summed E-state index contributed by atoms with van der Waals surface area (Å²) < 4.78 is 12.8. The molecule has 5 nitrogen and oxygen atoms in total. The molecule has 1 aromatic carbocycles. The molecule has 1 aromatic rings. The zero-order chi connectivity index (χ0) is 15.8. The lowest BCUT2D eigenvalue weighted by molar-refractivity contribution is -0.128. The predicted octanol–water partition coefficient (Wildman–Crippen LogP) is 0.966. The van der Waals surface area contributed by atoms with Crippen molar-refractivity contribution < 1.29 is 14.0 Å². The minimum absolute atomic E-state index is 0.0205. The third-order valence-electron chi connectivity index (χ3n) is 3.04. The first kappa shape index (κ1) is 17.1. The molecule has 0 bridgehead atoms. The van der Waals surface area contributed by atoms with Gasteiger partial charge in [-0.05, 0) is 38.4 Å². The molecule has 1 N–H and O–H groups in total. The first-order chi connectivity index (χ1) is 9.90. The topological polar surface area (TPSA) is 52.7 Å². The average molecular weight is 295 g/mol. The zero-order valence-corrected chi connectivity index (χ0v) is 12.7. The van der Waals surface area contributed by atoms with Crippen LogP contribution in [0.5, 0.6) is 0 Å². The number of likely N-dealkylation sites (N-methyl/N-ethyl adjacent to an activating group) is 1. The SMILES string of the molecule is CC(=O)N(CCNC(=O)c1ccc(F)cc1)CCN(C)C. The molecular formula is C15H22FN3O2. The van der Waals surface area contributed by atoms with Gasteiger partial charge < -0.3 is 15.1 Å². The van der Waals surface area contributed by atoms with E-state index in [1.165, 1.54) is 31.2 Å². The van der Waals surface area contributed by atoms with Crippen molar-refractivity contribution in [3.8, 4) is 0 Å². The maximum Gasteiger partial charge on any atom is 0.251 e. The van der Waals surface area contributed by atoms with E-state index < -0.39 is 0 Å². The van der Waals surface area contributed by atoms with Gasteiger partial charge in [0.2, 0.25) is 5.91 Å². The highest BCUT2D eigenvalue weighted by molar-refractivity contribution is 5.94. The monoisotopic (exact) mass is 295 g/mol. The fourth-order valence-electron chi connectivity index (χ4n) is 1.76. The summed E-state index contributed by atoms with van der Waals surface area (Å²) in [5, 5.41) is 2.72. The van der Waals surface area contributed by atoms with Gasteiger partial charge in [0, 0.05) is 38.7 Å². The van der Waals surface area contributed by atoms with E-state index in [1.807, 2.05) is 19.0 Å². The molecule has 0 fully saturated rings. The van der Waals surface area contributed by atoms with E-state index in [4.69, 9.17) is 0 Å². The molecule has 0 aliphatic rings. The summed E-state index contributed by atoms with van der Waals surface area (Å²) in [4.78, 5) is 27.0. The second kappa shape index (κ2) is 8.36. The van der Waals surface area contributed by atoms with E-state index >= 15 is 0 Å². The Bertz CT molecular complexity index is 474. The molecule has 0 spiro atoms. The second-order valence-electron chi connectivity index (χ2n) is 5.07. The Labute approximate surface area is 124 Å². The van der Waals surface area contributed by atoms with E-state index in [2.05, 4.69) is 5.32 Å². The first-order valence-corrected chi connectivity index (χ1v) is 6.84. The Morgan fingerprint density at radius 1 is 1.10 bits per heavy atom. The van der Waals surface area contributed by atoms with Crippen LogP contribution >= 0.6 is 0 Å². The van der Waals surface area contributed by atoms with Crippen LogP contribution in [-0.4, -0.2) is 61.9 Å². The third-order valence-corrected chi connectivity index (χ3v) is 3.04. The van der Waals surface area contributed by atoms with Gasteiger partial charge in [0.1, 0.15) is 5.82 Å². The first-order valence-electron chi connectivity index (χ1n) is 6.84. The van der Waals surface area contributed by atoms with Crippen LogP contribution < -0.4 is 5.32 Å². The summed E-state index contributed by atoms with van der Waals surface area (Å²) >= 11 is 0. The number of carbonyl (C=O) groups is 2. The minimum Gasteiger partial charge on any atom is -0.350 e. The van der Waals surface area contributed by atoms with Crippen molar-refractivity contribution in [2.45, 2.75) is 6.92 Å². The van der Waals surface area contributed by atoms with Gasteiger partial charge >= 0.3 is 0 Å². The number of benzene rings is 1. The van der Waals surface area contributed by atoms with Crippen LogP contribution in [-0.2, 0) is 4.79 Å². The largest absolute Gasteiger partial charge is 0.350 e. The minimum atomic E-state index is -0.377. The highest BCUT2D eigenvalue weighted by atomic mass is 19.1. The molecule has 0 aliphatic heterocycles. The smallest absolute Gasteiger partial charge is 0.251 e. The van der Waals surface area contributed by atoms with Crippen LogP contribution in [0, 0.1) is 5.82 Å². The van der Waals surface area contributed by atoms with E-state index in [0.29, 0.717) is 25.2 Å². The third kappa shape index (κ3) is 6.35. The average Bonchev–Trinajstić information content (AvgIpc) is 2.42. The molecule has 0 unspecified atom stereocenters. The van der Waals surface area contributed by atoms with E-state index in [9.17, 15) is 14.0 Å². The molecule has 2 amide bonds. The predicted molar refractivity (Wildman–Crippen MR) is 79.5 cm³/mol. The Morgan fingerprint density at radius 3 is 2.24 bits per heavy atom. The summed E-state index contributed by atoms with van der Waals surface area (Å²) in [6.07, 6.45) is 0. The van der Waals surface area contributed by atoms with Gasteiger partial charge in [-0.3, -0.25) is 9.59 Å². The number of nitrogens with zero attached hydrogens (tertiary/aromatic N) is 2. The number of hydrogen-bond acceptors (Lipinski definition) is 3. The van der Waals surface area contributed by atoms with Crippen LogP contribution in [0.15, 0.2) is 24.3 Å². The van der Waals surface area contributed by atoms with Crippen molar-refractivity contribution in [2.75, 3.05) is 40.3 Å². The Morgan fingerprint density at radius 2 is 1.71 bits per heavy atom. The molecule has 1 rings (SSSR count). The lowest BCUT2D eigenvalue weighted by Gasteiger charge is -2.23. The maximum absolute atomic E-state index is 12.8. The summed E-state index contributed by atoms with van der Waals surface area (Å²) in [6, 6.07) is 5.35. The van der Waals surface area contributed by atoms with Crippen LogP contribution in [0.25, 0.3) is 0 Å². The standard InChI is InChI=1S/C15H22FN3O2/c1-12(20)19(11-10-18(2)3)9-8-17-15(21)13-4-6-14(16)7-5-13/h4-7H,8-11H2,1-3H3,(H,17,21). The van der Waals surface area contributed by atoms with Crippen LogP contribution in [0.1, 0.15) is 17.3 Å². The molecule has 21 heavy (non-hydrogen) atoms. The van der Waals surface area contributed by atoms with Crippen molar-refractivity contribution >= 4 is 11.8 Å². The van der Waals surface area contributed by atoms with Crippen molar-refractivity contribution in [3.63, 3.8) is 0 Å². The quantitative estimate of drug-likeness (QED) is 0.815. The Kier molecular flexibility index (Phi) is 6.81. The Balaban J connectivity index is 2.41. The van der Waals surface area contributed by atoms with Crippen molar-refractivity contribution in [3.05, 3.63) is 35.6 Å². The summed E-state index contributed by atoms with van der Waals surface area (Å²) in [6.45, 7) is 3.72. The zero-order valence-electron chi connectivity index (χ0n) is 12.7. The number of nitrogens with one attached hydrogen (secondary N) is 1. The number of rotatable bonds is 7. The highest BCUT2D eigenvalue weighted by Crippen LogP contribution is 2.02. The second-order valence-corrected chi connectivity index (χ2v) is 5.07. The molecule has 0 saturated carbocycles. The molecule has 0 heterocycles. The summed E-state index contributed by atoms with van der Waals surface area (Å²) in [5.74, 6) is -0.669. The van der Waals surface area contributed by atoms with Crippen LogP contribution in [0.2, 0.25) is 0 Å². The fraction of sp³-hybridized carbons (Fsp3) is 0.467. The van der Waals surface area contributed by atoms with Crippen LogP contribution in [0.3, 0.4) is 0 Å². The van der Waals surface area contributed by atoms with Crippen molar-refractivity contribution in [1.82, 2.24) is 15.1 Å². The lowest BCUT2D eigenvalue weighted by atomic mass is 10.2. The van der Waals surface area contributed by atoms with Crippen molar-refractivity contribution in [2.24, 2.45) is 0 Å². The molecule has 0 aliphatic carbocycles. The van der Waals surface area contributed by atoms with Crippen molar-refractivity contribution in [1.29, 1.82) is 0 Å². The number of halogens is 1. The Hall–Kier alpha value is -1.95. The van der Waals surface area contributed by atoms with Crippen LogP contribution in [0.4, 0.5) is 4.39 Å². The molecule has 0 aromatic heterocycles. The van der Waals surface area contributed by atoms with Gasteiger partial charge in [0.25, 0.3) is 5.91 Å². The molecule has 0 saturated heterocycles. The molecular weight excluding hydrogens is 273 g/mol. The molecule has 0 atom stereocenters. The number of carbonyl (C=O) groups excluding carboxylic acids is 2. The normalized spacial score (nSPS) is 10.5. The van der Waals surface area contributed by atoms with Gasteiger partial charge in [-0.25, -0.2) is 4.39 Å². The fourth-order valence-corrected chi connectivity index (χ4v) is 1.76. The van der Waals surface area contributed by atoms with Gasteiger partial charge in [0.15, 0.2) is 0 Å². The highest BCUT2D eigenvalue weighted by Gasteiger charge is 2.10. The van der Waals surface area contributed by atoms with Gasteiger partial charge in [-0.15, -0.1) is 0 Å². The maximum atomic E-state index is 12.8. The van der Waals surface area contributed by atoms with E-state index in [1.54, 1.807) is 4.90 Å².